The van der Waals surface area contributed by atoms with E-state index in [1.165, 1.54) is 16.4 Å². The van der Waals surface area contributed by atoms with Crippen molar-refractivity contribution in [1.82, 2.24) is 0 Å². The van der Waals surface area contributed by atoms with Crippen LogP contribution in [0.3, 0.4) is 0 Å². The second kappa shape index (κ2) is 16.2. The summed E-state index contributed by atoms with van der Waals surface area (Å²) in [4.78, 5) is 12.2. The van der Waals surface area contributed by atoms with Gasteiger partial charge in [0.25, 0.3) is 8.32 Å². The molecule has 248 valence electrons. The molecule has 1 heterocycles. The Labute approximate surface area is 286 Å². The minimum atomic E-state index is -2.86. The normalized spacial score (nSPS) is 18.5. The highest BCUT2D eigenvalue weighted by Gasteiger charge is 2.51. The molecule has 2 aromatic rings. The van der Waals surface area contributed by atoms with Crippen LogP contribution in [0.25, 0.3) is 0 Å². The largest absolute Gasteiger partial charge is 0.452 e. The van der Waals surface area contributed by atoms with Crippen molar-refractivity contribution in [3.8, 4) is 0 Å². The van der Waals surface area contributed by atoms with Gasteiger partial charge < -0.3 is 19.0 Å². The van der Waals surface area contributed by atoms with Crippen LogP contribution in [-0.4, -0.2) is 37.9 Å². The van der Waals surface area contributed by atoms with Crippen LogP contribution in [0.4, 0.5) is 0 Å². The number of aliphatic hydroxyl groups excluding tert-OH is 1. The average Bonchev–Trinajstić information content (AvgIpc) is 2.97. The van der Waals surface area contributed by atoms with Crippen molar-refractivity contribution >= 4 is 40.6 Å². The molecule has 0 saturated carbocycles. The Bertz CT molecular complexity index is 1430. The Morgan fingerprint density at radius 3 is 2.02 bits per heavy atom. The van der Waals surface area contributed by atoms with Gasteiger partial charge in [-0.1, -0.05) is 135 Å². The monoisotopic (exact) mass is 706 g/mol. The summed E-state index contributed by atoms with van der Waals surface area (Å²) in [5.41, 5.74) is 1.88. The van der Waals surface area contributed by atoms with E-state index in [1.54, 1.807) is 19.9 Å². The van der Waals surface area contributed by atoms with Gasteiger partial charge in [-0.2, -0.15) is 0 Å². The zero-order valence-electron chi connectivity index (χ0n) is 28.8. The summed E-state index contributed by atoms with van der Waals surface area (Å²) in [5.74, 6) is -0.566. The predicted molar refractivity (Wildman–Crippen MR) is 196 cm³/mol. The van der Waals surface area contributed by atoms with E-state index in [1.807, 2.05) is 26.0 Å². The van der Waals surface area contributed by atoms with Gasteiger partial charge in [-0.05, 0) is 65.2 Å². The van der Waals surface area contributed by atoms with E-state index < -0.39 is 20.1 Å². The molecule has 1 aliphatic rings. The molecule has 0 amide bonds. The van der Waals surface area contributed by atoms with Crippen molar-refractivity contribution in [2.24, 2.45) is 11.8 Å². The Kier molecular flexibility index (Phi) is 13.2. The molecule has 0 bridgehead atoms. The molecular formula is C39H51BrO5Si. The maximum Gasteiger partial charge on any atom is 0.337 e. The number of carbonyl (C=O) groups excluding carboxylic acids is 1. The molecule has 3 rings (SSSR count). The lowest BCUT2D eigenvalue weighted by Gasteiger charge is -2.46. The van der Waals surface area contributed by atoms with Gasteiger partial charge in [0.2, 0.25) is 5.79 Å². The van der Waals surface area contributed by atoms with E-state index in [2.05, 4.69) is 123 Å². The number of allylic oxidation sites excluding steroid dienone is 6. The fourth-order valence-electron chi connectivity index (χ4n) is 6.03. The van der Waals surface area contributed by atoms with E-state index >= 15 is 0 Å². The van der Waals surface area contributed by atoms with Gasteiger partial charge in [0.15, 0.2) is 0 Å². The quantitative estimate of drug-likeness (QED) is 0.129. The summed E-state index contributed by atoms with van der Waals surface area (Å²) in [5, 5.41) is 11.6. The molecule has 0 saturated heterocycles. The molecule has 0 radical (unpaired) electrons. The SMILES string of the molecule is CC(=C/CO)/C=C/C(Br)=C/[C@@H](O[Si](c1ccccc1)(c1ccccc1)C(C)(C)C)[C@@H](C)C[C@H](C)/C=C(\C)C1=CC(=O)OC(C)(C)O1. The number of halogens is 1. The second-order valence-electron chi connectivity index (χ2n) is 13.7. The molecule has 0 aliphatic carbocycles. The first-order chi connectivity index (χ1) is 21.6. The highest BCUT2D eigenvalue weighted by atomic mass is 79.9. The Morgan fingerprint density at radius 2 is 1.52 bits per heavy atom. The topological polar surface area (TPSA) is 65.0 Å². The number of hydrogen-bond acceptors (Lipinski definition) is 5. The van der Waals surface area contributed by atoms with Crippen LogP contribution >= 0.6 is 15.9 Å². The lowest BCUT2D eigenvalue weighted by atomic mass is 9.91. The van der Waals surface area contributed by atoms with Crippen LogP contribution < -0.4 is 10.4 Å². The first-order valence-corrected chi connectivity index (χ1v) is 18.7. The molecular weight excluding hydrogens is 656 g/mol. The third kappa shape index (κ3) is 10.0. The number of ether oxygens (including phenoxy) is 2. The third-order valence-electron chi connectivity index (χ3n) is 8.15. The summed E-state index contributed by atoms with van der Waals surface area (Å²) in [6, 6.07) is 21.4. The first-order valence-electron chi connectivity index (χ1n) is 16.0. The lowest BCUT2D eigenvalue weighted by molar-refractivity contribution is -0.203. The van der Waals surface area contributed by atoms with Gasteiger partial charge in [0.05, 0.1) is 18.8 Å². The van der Waals surface area contributed by atoms with Gasteiger partial charge in [-0.3, -0.25) is 0 Å². The fraction of sp³-hybridized carbons (Fsp3) is 0.410. The molecule has 5 nitrogen and oxygen atoms in total. The highest BCUT2D eigenvalue weighted by Crippen LogP contribution is 2.39. The number of rotatable bonds is 13. The summed E-state index contributed by atoms with van der Waals surface area (Å²) in [7, 11) is -2.86. The van der Waals surface area contributed by atoms with Crippen LogP contribution in [0, 0.1) is 11.8 Å². The van der Waals surface area contributed by atoms with Crippen LogP contribution in [-0.2, 0) is 18.7 Å². The van der Waals surface area contributed by atoms with E-state index in [0.29, 0.717) is 5.76 Å². The number of carbonyl (C=O) groups is 1. The van der Waals surface area contributed by atoms with Crippen LogP contribution in [0.2, 0.25) is 5.04 Å². The van der Waals surface area contributed by atoms with Crippen LogP contribution in [0.15, 0.2) is 119 Å². The van der Waals surface area contributed by atoms with Crippen LogP contribution in [0.1, 0.15) is 68.7 Å². The molecule has 0 fully saturated rings. The maximum atomic E-state index is 12.2. The Hall–Kier alpha value is -2.97. The van der Waals surface area contributed by atoms with E-state index in [4.69, 9.17) is 13.9 Å². The summed E-state index contributed by atoms with van der Waals surface area (Å²) >= 11 is 3.81. The summed E-state index contributed by atoms with van der Waals surface area (Å²) in [6.07, 6.45) is 12.1. The zero-order chi connectivity index (χ0) is 34.1. The smallest absolute Gasteiger partial charge is 0.337 e. The molecule has 3 atom stereocenters. The van der Waals surface area contributed by atoms with Gasteiger partial charge in [0, 0.05) is 18.3 Å². The molecule has 7 heteroatoms. The summed E-state index contributed by atoms with van der Waals surface area (Å²) in [6.45, 7) is 18.7. The predicted octanol–water partition coefficient (Wildman–Crippen LogP) is 8.51. The number of aliphatic hydroxyl groups is 1. The van der Waals surface area contributed by atoms with Crippen molar-refractivity contribution < 1.29 is 23.8 Å². The summed E-state index contributed by atoms with van der Waals surface area (Å²) < 4.78 is 19.8. The molecule has 46 heavy (non-hydrogen) atoms. The Morgan fingerprint density at radius 1 is 0.957 bits per heavy atom. The second-order valence-corrected chi connectivity index (χ2v) is 18.9. The third-order valence-corrected chi connectivity index (χ3v) is 13.7. The minimum Gasteiger partial charge on any atom is -0.452 e. The van der Waals surface area contributed by atoms with Gasteiger partial charge >= 0.3 is 5.97 Å². The first kappa shape index (κ1) is 37.5. The Balaban J connectivity index is 2.08. The lowest BCUT2D eigenvalue weighted by Crippen LogP contribution is -2.68. The highest BCUT2D eigenvalue weighted by molar-refractivity contribution is 9.11. The van der Waals surface area contributed by atoms with E-state index in [-0.39, 0.29) is 29.6 Å². The molecule has 0 aromatic heterocycles. The van der Waals surface area contributed by atoms with Crippen molar-refractivity contribution in [2.45, 2.75) is 85.7 Å². The minimum absolute atomic E-state index is 0.000419. The molecule has 1 aliphatic heterocycles. The number of esters is 1. The van der Waals surface area contributed by atoms with Gasteiger partial charge in [-0.25, -0.2) is 4.79 Å². The molecule has 1 N–H and O–H groups in total. The van der Waals surface area contributed by atoms with E-state index in [9.17, 15) is 9.90 Å². The number of benzene rings is 2. The van der Waals surface area contributed by atoms with Crippen LogP contribution in [0.5, 0.6) is 0 Å². The zero-order valence-corrected chi connectivity index (χ0v) is 31.4. The van der Waals surface area contributed by atoms with Gasteiger partial charge in [0.1, 0.15) is 5.76 Å². The van der Waals surface area contributed by atoms with Crippen molar-refractivity contribution in [2.75, 3.05) is 6.61 Å². The van der Waals surface area contributed by atoms with Gasteiger partial charge in [-0.15, -0.1) is 0 Å². The van der Waals surface area contributed by atoms with Crippen molar-refractivity contribution in [1.29, 1.82) is 0 Å². The standard InChI is InChI=1S/C39H51BrO5Si/c1-28(22-23-41)20-21-32(40)26-36(31(4)25-29(2)24-30(3)35-27-37(42)44-39(8,9)43-35)45-46(38(5,6)7,33-16-12-10-13-17-33)34-18-14-11-15-19-34/h10-22,24,26-27,29,31,36,41H,23,25H2,1-9H3/b21-20+,28-22-,30-24+,32-26-/t29-,31+,36-/m1/s1. The number of cyclic esters (lactones) is 1. The average molecular weight is 708 g/mol. The molecule has 2 aromatic carbocycles. The molecule has 0 unspecified atom stereocenters. The van der Waals surface area contributed by atoms with Crippen molar-refractivity contribution in [3.63, 3.8) is 0 Å². The van der Waals surface area contributed by atoms with E-state index in [0.717, 1.165) is 22.0 Å². The molecule has 0 spiro atoms. The van der Waals surface area contributed by atoms with Crippen molar-refractivity contribution in [3.05, 3.63) is 119 Å². The fourth-order valence-corrected chi connectivity index (χ4v) is 11.1. The maximum absolute atomic E-state index is 12.2. The number of hydrogen-bond donors (Lipinski definition) is 1.